The summed E-state index contributed by atoms with van der Waals surface area (Å²) in [7, 11) is -1.07. The van der Waals surface area contributed by atoms with Gasteiger partial charge in [0.05, 0.1) is 12.0 Å². The van der Waals surface area contributed by atoms with Crippen LogP contribution in [-0.2, 0) is 19.6 Å². The molecular weight excluding hydrogens is 273 g/mol. The molecule has 0 amide bonds. The minimum absolute atomic E-state index is 0.104. The summed E-state index contributed by atoms with van der Waals surface area (Å²) in [5.74, 6) is -0.999. The predicted octanol–water partition coefficient (Wildman–Crippen LogP) is 1.40. The van der Waals surface area contributed by atoms with Gasteiger partial charge in [-0.1, -0.05) is 6.07 Å². The van der Waals surface area contributed by atoms with Gasteiger partial charge in [0, 0.05) is 20.0 Å². The molecule has 0 heterocycles. The van der Waals surface area contributed by atoms with Crippen LogP contribution in [0.25, 0.3) is 0 Å². The van der Waals surface area contributed by atoms with Gasteiger partial charge >= 0.3 is 5.97 Å². The van der Waals surface area contributed by atoms with Crippen molar-refractivity contribution >= 4 is 16.0 Å². The van der Waals surface area contributed by atoms with E-state index in [1.807, 2.05) is 0 Å². The lowest BCUT2D eigenvalue weighted by Crippen LogP contribution is -2.28. The number of ether oxygens (including phenoxy) is 1. The van der Waals surface area contributed by atoms with E-state index in [-0.39, 0.29) is 17.9 Å². The Morgan fingerprint density at radius 1 is 1.42 bits per heavy atom. The van der Waals surface area contributed by atoms with Gasteiger partial charge in [-0.25, -0.2) is 17.1 Å². The summed E-state index contributed by atoms with van der Waals surface area (Å²) >= 11 is 0. The Morgan fingerprint density at radius 3 is 2.68 bits per heavy atom. The van der Waals surface area contributed by atoms with Crippen molar-refractivity contribution in [3.63, 3.8) is 0 Å². The van der Waals surface area contributed by atoms with Crippen molar-refractivity contribution in [2.75, 3.05) is 20.7 Å². The van der Waals surface area contributed by atoms with Crippen LogP contribution in [0.3, 0.4) is 0 Å². The molecule has 5 nitrogen and oxygen atoms in total. The molecule has 7 heteroatoms. The van der Waals surface area contributed by atoms with Crippen LogP contribution in [0.15, 0.2) is 29.2 Å². The quantitative estimate of drug-likeness (QED) is 0.743. The van der Waals surface area contributed by atoms with Crippen LogP contribution in [-0.4, -0.2) is 39.4 Å². The summed E-state index contributed by atoms with van der Waals surface area (Å²) < 4.78 is 42.7. The van der Waals surface area contributed by atoms with Gasteiger partial charge in [0.2, 0.25) is 10.0 Å². The third kappa shape index (κ3) is 4.29. The third-order valence-electron chi connectivity index (χ3n) is 2.59. The van der Waals surface area contributed by atoms with Crippen LogP contribution in [0, 0.1) is 5.82 Å². The monoisotopic (exact) mass is 289 g/mol. The molecule has 0 atom stereocenters. The first kappa shape index (κ1) is 15.6. The van der Waals surface area contributed by atoms with Crippen molar-refractivity contribution in [3.05, 3.63) is 30.1 Å². The summed E-state index contributed by atoms with van der Waals surface area (Å²) in [6, 6.07) is 4.81. The van der Waals surface area contributed by atoms with Gasteiger partial charge in [0.15, 0.2) is 0 Å². The number of methoxy groups -OCH3 is 1. The van der Waals surface area contributed by atoms with Crippen LogP contribution < -0.4 is 0 Å². The Bertz CT molecular complexity index is 544. The standard InChI is InChI=1S/C12H16FNO4S/c1-14(8-4-7-12(15)18-2)19(16,17)11-6-3-5-10(13)9-11/h3,5-6,9H,4,7-8H2,1-2H3. The molecule has 0 bridgehead atoms. The molecule has 0 spiro atoms. The normalized spacial score (nSPS) is 11.6. The number of carbonyl (C=O) groups excluding carboxylic acids is 1. The second-order valence-corrected chi connectivity index (χ2v) is 6.01. The van der Waals surface area contributed by atoms with Crippen molar-refractivity contribution in [2.45, 2.75) is 17.7 Å². The number of carbonyl (C=O) groups is 1. The highest BCUT2D eigenvalue weighted by Crippen LogP contribution is 2.15. The van der Waals surface area contributed by atoms with Crippen molar-refractivity contribution in [2.24, 2.45) is 0 Å². The van der Waals surface area contributed by atoms with Crippen molar-refractivity contribution in [3.8, 4) is 0 Å². The molecule has 0 aliphatic heterocycles. The van der Waals surface area contributed by atoms with Gasteiger partial charge in [0.25, 0.3) is 0 Å². The molecule has 0 saturated heterocycles. The Kier molecular flexibility index (Phi) is 5.44. The fourth-order valence-corrected chi connectivity index (χ4v) is 2.72. The summed E-state index contributed by atoms with van der Waals surface area (Å²) in [4.78, 5) is 10.8. The van der Waals surface area contributed by atoms with E-state index in [4.69, 9.17) is 0 Å². The number of esters is 1. The average Bonchev–Trinajstić information content (AvgIpc) is 2.38. The fourth-order valence-electron chi connectivity index (χ4n) is 1.48. The molecule has 19 heavy (non-hydrogen) atoms. The van der Waals surface area contributed by atoms with E-state index in [2.05, 4.69) is 4.74 Å². The molecule has 0 aliphatic carbocycles. The maximum atomic E-state index is 13.0. The maximum absolute atomic E-state index is 13.0. The van der Waals surface area contributed by atoms with Crippen LogP contribution in [0.5, 0.6) is 0 Å². The number of benzene rings is 1. The van der Waals surface area contributed by atoms with Crippen molar-refractivity contribution in [1.82, 2.24) is 4.31 Å². The molecule has 0 aromatic heterocycles. The highest BCUT2D eigenvalue weighted by Gasteiger charge is 2.20. The number of hydrogen-bond donors (Lipinski definition) is 0. The molecule has 0 fully saturated rings. The first-order chi connectivity index (χ1) is 8.87. The Morgan fingerprint density at radius 2 is 2.11 bits per heavy atom. The zero-order chi connectivity index (χ0) is 14.5. The second-order valence-electron chi connectivity index (χ2n) is 3.96. The molecule has 0 radical (unpaired) electrons. The van der Waals surface area contributed by atoms with E-state index in [0.29, 0.717) is 6.42 Å². The van der Waals surface area contributed by atoms with Crippen LogP contribution >= 0.6 is 0 Å². The number of hydrogen-bond acceptors (Lipinski definition) is 4. The van der Waals surface area contributed by atoms with E-state index in [9.17, 15) is 17.6 Å². The Hall–Kier alpha value is -1.47. The molecule has 0 N–H and O–H groups in total. The summed E-state index contributed by atoms with van der Waals surface area (Å²) in [6.07, 6.45) is 0.483. The largest absolute Gasteiger partial charge is 0.469 e. The summed E-state index contributed by atoms with van der Waals surface area (Å²) in [5.41, 5.74) is 0. The fraction of sp³-hybridized carbons (Fsp3) is 0.417. The molecule has 1 aromatic carbocycles. The second kappa shape index (κ2) is 6.63. The molecule has 0 unspecified atom stereocenters. The number of nitrogens with zero attached hydrogens (tertiary/aromatic N) is 1. The van der Waals surface area contributed by atoms with Crippen LogP contribution in [0.1, 0.15) is 12.8 Å². The lowest BCUT2D eigenvalue weighted by molar-refractivity contribution is -0.140. The summed E-state index contributed by atoms with van der Waals surface area (Å²) in [5, 5.41) is 0. The molecule has 106 valence electrons. The van der Waals surface area contributed by atoms with Gasteiger partial charge in [-0.3, -0.25) is 4.79 Å². The zero-order valence-corrected chi connectivity index (χ0v) is 11.6. The molecule has 0 aliphatic rings. The Labute approximate surface area is 112 Å². The van der Waals surface area contributed by atoms with Crippen LogP contribution in [0.2, 0.25) is 0 Å². The minimum atomic E-state index is -3.72. The van der Waals surface area contributed by atoms with Crippen molar-refractivity contribution in [1.29, 1.82) is 0 Å². The van der Waals surface area contributed by atoms with Gasteiger partial charge in [-0.15, -0.1) is 0 Å². The third-order valence-corrected chi connectivity index (χ3v) is 4.44. The average molecular weight is 289 g/mol. The van der Waals surface area contributed by atoms with Crippen molar-refractivity contribution < 1.29 is 22.3 Å². The van der Waals surface area contributed by atoms with Gasteiger partial charge in [-0.05, 0) is 24.6 Å². The topological polar surface area (TPSA) is 63.7 Å². The first-order valence-electron chi connectivity index (χ1n) is 5.66. The van der Waals surface area contributed by atoms with E-state index < -0.39 is 21.8 Å². The molecule has 1 aromatic rings. The minimum Gasteiger partial charge on any atom is -0.469 e. The molecule has 1 rings (SSSR count). The molecular formula is C12H16FNO4S. The van der Waals surface area contributed by atoms with Gasteiger partial charge < -0.3 is 4.74 Å². The smallest absolute Gasteiger partial charge is 0.305 e. The first-order valence-corrected chi connectivity index (χ1v) is 7.10. The van der Waals surface area contributed by atoms with E-state index in [1.165, 1.54) is 32.4 Å². The van der Waals surface area contributed by atoms with E-state index in [0.717, 1.165) is 10.4 Å². The SMILES string of the molecule is COC(=O)CCCN(C)S(=O)(=O)c1cccc(F)c1. The van der Waals surface area contributed by atoms with Gasteiger partial charge in [-0.2, -0.15) is 0 Å². The van der Waals surface area contributed by atoms with Gasteiger partial charge in [0.1, 0.15) is 5.82 Å². The highest BCUT2D eigenvalue weighted by molar-refractivity contribution is 7.89. The highest BCUT2D eigenvalue weighted by atomic mass is 32.2. The lowest BCUT2D eigenvalue weighted by atomic mass is 10.3. The zero-order valence-electron chi connectivity index (χ0n) is 10.8. The Balaban J connectivity index is 2.70. The summed E-state index contributed by atoms with van der Waals surface area (Å²) in [6.45, 7) is 0.161. The van der Waals surface area contributed by atoms with E-state index in [1.54, 1.807) is 0 Å². The van der Waals surface area contributed by atoms with Crippen LogP contribution in [0.4, 0.5) is 4.39 Å². The maximum Gasteiger partial charge on any atom is 0.305 e. The van der Waals surface area contributed by atoms with E-state index >= 15 is 0 Å². The number of rotatable bonds is 6. The molecule has 0 saturated carbocycles. The number of sulfonamides is 1. The predicted molar refractivity (Wildman–Crippen MR) is 67.5 cm³/mol. The number of halogens is 1. The lowest BCUT2D eigenvalue weighted by Gasteiger charge is -2.16.